The van der Waals surface area contributed by atoms with Crippen molar-refractivity contribution < 1.29 is 34.4 Å². The van der Waals surface area contributed by atoms with E-state index in [1.807, 2.05) is 12.2 Å². The van der Waals surface area contributed by atoms with Crippen molar-refractivity contribution in [2.75, 3.05) is 19.6 Å². The van der Waals surface area contributed by atoms with Crippen molar-refractivity contribution in [2.24, 2.45) is 5.73 Å². The van der Waals surface area contributed by atoms with E-state index in [-0.39, 0.29) is 37.8 Å². The van der Waals surface area contributed by atoms with Crippen molar-refractivity contribution in [1.82, 2.24) is 25.0 Å². The van der Waals surface area contributed by atoms with E-state index in [1.54, 1.807) is 0 Å². The average molecular weight is 641 g/mol. The number of aliphatic hydroxyl groups excluding tert-OH is 2. The second-order valence-electron chi connectivity index (χ2n) is 10.5. The average Bonchev–Trinajstić information content (AvgIpc) is 3.63. The quantitative estimate of drug-likeness (QED) is 0.125. The van der Waals surface area contributed by atoms with Crippen molar-refractivity contribution in [1.29, 1.82) is 0 Å². The predicted molar refractivity (Wildman–Crippen MR) is 175 cm³/mol. The van der Waals surface area contributed by atoms with Crippen molar-refractivity contribution in [3.63, 3.8) is 0 Å². The van der Waals surface area contributed by atoms with Crippen LogP contribution in [-0.2, 0) is 9.53 Å². The number of nitrogens with two attached hydrogens (primary N) is 1. The largest absolute Gasteiger partial charge is 0.465 e. The van der Waals surface area contributed by atoms with Crippen LogP contribution in [0.4, 0.5) is 4.79 Å². The van der Waals surface area contributed by atoms with Gasteiger partial charge in [-0.3, -0.25) is 9.59 Å². The molecule has 2 heterocycles. The Hall–Kier alpha value is -4.33. The van der Waals surface area contributed by atoms with Crippen LogP contribution in [0.25, 0.3) is 0 Å². The maximum Gasteiger partial charge on any atom is 0.407 e. The molecule has 13 nitrogen and oxygen atoms in total. The van der Waals surface area contributed by atoms with Gasteiger partial charge < -0.3 is 36.0 Å². The lowest BCUT2D eigenvalue weighted by Gasteiger charge is -2.24. The molecule has 0 bridgehead atoms. The molecule has 3 amide bonds. The van der Waals surface area contributed by atoms with Gasteiger partial charge in [0.05, 0.1) is 6.54 Å². The summed E-state index contributed by atoms with van der Waals surface area (Å²) in [6.07, 6.45) is 26.5. The minimum Gasteiger partial charge on any atom is -0.465 e. The molecule has 0 aliphatic carbocycles. The summed E-state index contributed by atoms with van der Waals surface area (Å²) >= 11 is 0. The topological polar surface area (TPSA) is 193 Å². The van der Waals surface area contributed by atoms with Gasteiger partial charge in [-0.15, -0.1) is 5.10 Å². The standard InChI is InChI=1S/C33H48N6O7/c1-2-3-4-5-6-7-8-9-10-11-12-13-14-15-16-17-18-19-20-21-27(40)35-22-23-38(33(44)45)24-26-28(41)29(42)32(46-26)39-25-36-31(37-39)30(34)43/h3-4,6-7,9-10,12-13,15-16,18-19,25-26,28-29,32,41-42H,2,5,8,11,14,17,20-24H2,1H3,(H2,34,43)(H,35,40)(H,44,45)/t26-,28-,29-,32-/m1/s1. The number of aliphatic hydroxyl groups is 2. The lowest BCUT2D eigenvalue weighted by Crippen LogP contribution is -2.45. The number of allylic oxidation sites excluding steroid dienone is 12. The third-order valence-corrected chi connectivity index (χ3v) is 6.84. The molecule has 0 radical (unpaired) electrons. The molecular formula is C33H48N6O7. The second kappa shape index (κ2) is 22.2. The van der Waals surface area contributed by atoms with Crippen LogP contribution >= 0.6 is 0 Å². The van der Waals surface area contributed by atoms with E-state index in [1.165, 1.54) is 0 Å². The molecule has 1 saturated heterocycles. The summed E-state index contributed by atoms with van der Waals surface area (Å²) < 4.78 is 6.65. The van der Waals surface area contributed by atoms with E-state index in [2.05, 4.69) is 83.1 Å². The SMILES string of the molecule is CCC=CCC=CCC=CCC=CCC=CCC=CCCC(=O)NCCN(C[C@H]1O[C@@H](n2cnc(C(N)=O)n2)[C@H](O)[C@@H]1O)C(=O)O. The first-order valence-electron chi connectivity index (χ1n) is 15.6. The Balaban J connectivity index is 1.58. The van der Waals surface area contributed by atoms with E-state index in [4.69, 9.17) is 10.5 Å². The zero-order chi connectivity index (χ0) is 33.6. The number of amides is 3. The first-order valence-corrected chi connectivity index (χ1v) is 15.6. The molecule has 0 saturated carbocycles. The van der Waals surface area contributed by atoms with Crippen molar-refractivity contribution >= 4 is 17.9 Å². The number of nitrogens with zero attached hydrogens (tertiary/aromatic N) is 4. The molecule has 13 heteroatoms. The predicted octanol–water partition coefficient (Wildman–Crippen LogP) is 3.57. The van der Waals surface area contributed by atoms with Crippen LogP contribution in [0.15, 0.2) is 79.2 Å². The van der Waals surface area contributed by atoms with Crippen LogP contribution in [0.2, 0.25) is 0 Å². The number of hydrogen-bond donors (Lipinski definition) is 5. The van der Waals surface area contributed by atoms with Gasteiger partial charge >= 0.3 is 6.09 Å². The normalized spacial score (nSPS) is 20.4. The van der Waals surface area contributed by atoms with E-state index in [0.29, 0.717) is 6.42 Å². The van der Waals surface area contributed by atoms with Gasteiger partial charge in [0.1, 0.15) is 24.6 Å². The number of rotatable bonds is 21. The Labute approximate surface area is 270 Å². The zero-order valence-electron chi connectivity index (χ0n) is 26.4. The van der Waals surface area contributed by atoms with E-state index in [0.717, 1.165) is 54.4 Å². The molecule has 1 aromatic heterocycles. The minimum atomic E-state index is -1.45. The lowest BCUT2D eigenvalue weighted by atomic mass is 10.1. The number of carboxylic acid groups (broad SMARTS) is 1. The van der Waals surface area contributed by atoms with Gasteiger partial charge in [-0.05, 0) is 44.9 Å². The first-order chi connectivity index (χ1) is 22.2. The number of carbonyl (C=O) groups is 3. The van der Waals surface area contributed by atoms with Crippen LogP contribution in [0.1, 0.15) is 75.1 Å². The number of carbonyl (C=O) groups excluding carboxylic acids is 2. The summed E-state index contributed by atoms with van der Waals surface area (Å²) in [5.74, 6) is -1.38. The van der Waals surface area contributed by atoms with Crippen LogP contribution in [0.5, 0.6) is 0 Å². The molecule has 1 aromatic rings. The fourth-order valence-electron chi connectivity index (χ4n) is 4.36. The minimum absolute atomic E-state index is 0.0521. The Morgan fingerprint density at radius 1 is 0.913 bits per heavy atom. The molecule has 4 atom stereocenters. The highest BCUT2D eigenvalue weighted by atomic mass is 16.6. The molecule has 6 N–H and O–H groups in total. The summed E-state index contributed by atoms with van der Waals surface area (Å²) in [4.78, 5) is 39.8. The highest BCUT2D eigenvalue weighted by Crippen LogP contribution is 2.29. The van der Waals surface area contributed by atoms with Gasteiger partial charge in [-0.1, -0.05) is 79.8 Å². The fourth-order valence-corrected chi connectivity index (χ4v) is 4.36. The van der Waals surface area contributed by atoms with Crippen LogP contribution < -0.4 is 11.1 Å². The van der Waals surface area contributed by atoms with E-state index < -0.39 is 36.5 Å². The third-order valence-electron chi connectivity index (χ3n) is 6.84. The van der Waals surface area contributed by atoms with Gasteiger partial charge in [0, 0.05) is 19.5 Å². The molecule has 0 aromatic carbocycles. The molecule has 0 unspecified atom stereocenters. The molecule has 46 heavy (non-hydrogen) atoms. The van der Waals surface area contributed by atoms with Gasteiger partial charge in [0.15, 0.2) is 6.23 Å². The summed E-state index contributed by atoms with van der Waals surface area (Å²) in [6, 6.07) is 0. The molecule has 1 fully saturated rings. The van der Waals surface area contributed by atoms with Gasteiger partial charge in [0.2, 0.25) is 11.7 Å². The summed E-state index contributed by atoms with van der Waals surface area (Å²) in [5, 5.41) is 36.9. The number of hydrogen-bond acceptors (Lipinski definition) is 8. The first kappa shape index (κ1) is 37.9. The smallest absolute Gasteiger partial charge is 0.407 e. The molecule has 1 aliphatic rings. The van der Waals surface area contributed by atoms with Gasteiger partial charge in [-0.2, -0.15) is 0 Å². The number of aromatic nitrogens is 3. The fraction of sp³-hybridized carbons (Fsp3) is 0.485. The maximum atomic E-state index is 12.2. The summed E-state index contributed by atoms with van der Waals surface area (Å²) in [6.45, 7) is 1.88. The number of ether oxygens (including phenoxy) is 1. The lowest BCUT2D eigenvalue weighted by molar-refractivity contribution is -0.121. The summed E-state index contributed by atoms with van der Waals surface area (Å²) in [7, 11) is 0. The molecular weight excluding hydrogens is 592 g/mol. The van der Waals surface area contributed by atoms with Crippen molar-refractivity contribution in [3.05, 3.63) is 85.1 Å². The van der Waals surface area contributed by atoms with Crippen LogP contribution in [-0.4, -0.2) is 90.8 Å². The number of primary amides is 1. The van der Waals surface area contributed by atoms with E-state index in [9.17, 15) is 29.7 Å². The van der Waals surface area contributed by atoms with Crippen LogP contribution in [0, 0.1) is 0 Å². The maximum absolute atomic E-state index is 12.2. The third kappa shape index (κ3) is 14.6. The van der Waals surface area contributed by atoms with Crippen molar-refractivity contribution in [3.8, 4) is 0 Å². The number of nitrogens with one attached hydrogen (secondary N) is 1. The van der Waals surface area contributed by atoms with Crippen LogP contribution in [0.3, 0.4) is 0 Å². The van der Waals surface area contributed by atoms with E-state index >= 15 is 0 Å². The molecule has 252 valence electrons. The highest BCUT2D eigenvalue weighted by molar-refractivity contribution is 5.88. The van der Waals surface area contributed by atoms with Crippen molar-refractivity contribution in [2.45, 2.75) is 82.8 Å². The molecule has 0 spiro atoms. The highest BCUT2D eigenvalue weighted by Gasteiger charge is 2.45. The Morgan fingerprint density at radius 3 is 1.96 bits per heavy atom. The zero-order valence-corrected chi connectivity index (χ0v) is 26.4. The second-order valence-corrected chi connectivity index (χ2v) is 10.5. The Morgan fingerprint density at radius 2 is 1.46 bits per heavy atom. The molecule has 2 rings (SSSR count). The molecule has 1 aliphatic heterocycles. The van der Waals surface area contributed by atoms with Gasteiger partial charge in [0.25, 0.3) is 5.91 Å². The monoisotopic (exact) mass is 640 g/mol. The summed E-state index contributed by atoms with van der Waals surface area (Å²) in [5.41, 5.74) is 5.13. The Kier molecular flexibility index (Phi) is 18.3. The Bertz CT molecular complexity index is 1250. The van der Waals surface area contributed by atoms with Gasteiger partial charge in [-0.25, -0.2) is 14.5 Å².